The van der Waals surface area contributed by atoms with Crippen LogP contribution in [-0.4, -0.2) is 20.2 Å². The van der Waals surface area contributed by atoms with Gasteiger partial charge >= 0.3 is 0 Å². The maximum absolute atomic E-state index is 13.5. The second-order valence-corrected chi connectivity index (χ2v) is 6.47. The number of nitrogens with two attached hydrogens (primary N) is 1. The average molecular weight is 263 g/mol. The molecule has 0 radical (unpaired) electrons. The highest BCUT2D eigenvalue weighted by atomic mass is 32.2. The second-order valence-electron chi connectivity index (χ2n) is 4.00. The maximum atomic E-state index is 13.5. The minimum atomic E-state index is -3.74. The fourth-order valence-corrected chi connectivity index (χ4v) is 2.68. The summed E-state index contributed by atoms with van der Waals surface area (Å²) < 4.78 is 51.0. The van der Waals surface area contributed by atoms with Crippen LogP contribution in [0.25, 0.3) is 0 Å². The van der Waals surface area contributed by atoms with Crippen molar-refractivity contribution < 1.29 is 17.2 Å². The van der Waals surface area contributed by atoms with Crippen LogP contribution in [0.15, 0.2) is 29.2 Å². The van der Waals surface area contributed by atoms with Gasteiger partial charge in [0.05, 0.1) is 16.7 Å². The van der Waals surface area contributed by atoms with Crippen LogP contribution in [0, 0.1) is 0 Å². The lowest BCUT2D eigenvalue weighted by atomic mass is 10.1. The lowest BCUT2D eigenvalue weighted by Gasteiger charge is -2.19. The molecule has 0 saturated carbocycles. The molecule has 17 heavy (non-hydrogen) atoms. The predicted octanol–water partition coefficient (Wildman–Crippen LogP) is 1.92. The average Bonchev–Trinajstić information content (AvgIpc) is 2.29. The summed E-state index contributed by atoms with van der Waals surface area (Å²) in [4.78, 5) is -0.342. The van der Waals surface area contributed by atoms with Crippen LogP contribution in [0.2, 0.25) is 0 Å². The standard InChI is InChI=1S/C11H15F2NO2S/c1-8(2)17(15,16)10-6-4-3-5-9(10)11(12,13)7-14/h3-6,8H,7,14H2,1-2H3. The van der Waals surface area contributed by atoms with Crippen molar-refractivity contribution >= 4 is 9.84 Å². The van der Waals surface area contributed by atoms with Crippen LogP contribution >= 0.6 is 0 Å². The zero-order valence-corrected chi connectivity index (χ0v) is 10.5. The topological polar surface area (TPSA) is 60.2 Å². The van der Waals surface area contributed by atoms with Gasteiger partial charge in [0.15, 0.2) is 9.84 Å². The molecule has 0 aliphatic carbocycles. The summed E-state index contributed by atoms with van der Waals surface area (Å²) in [6.07, 6.45) is 0. The number of rotatable bonds is 4. The van der Waals surface area contributed by atoms with Crippen molar-refractivity contribution in [2.24, 2.45) is 5.73 Å². The fourth-order valence-electron chi connectivity index (χ4n) is 1.38. The van der Waals surface area contributed by atoms with Crippen LogP contribution < -0.4 is 5.73 Å². The zero-order chi connectivity index (χ0) is 13.3. The molecule has 6 heteroatoms. The van der Waals surface area contributed by atoms with Gasteiger partial charge < -0.3 is 5.73 Å². The lowest BCUT2D eigenvalue weighted by Crippen LogP contribution is -2.28. The van der Waals surface area contributed by atoms with E-state index in [0.717, 1.165) is 6.07 Å². The van der Waals surface area contributed by atoms with Crippen molar-refractivity contribution in [3.05, 3.63) is 29.8 Å². The summed E-state index contributed by atoms with van der Waals surface area (Å²) in [5, 5.41) is -0.753. The Morgan fingerprint density at radius 1 is 1.29 bits per heavy atom. The van der Waals surface area contributed by atoms with Gasteiger partial charge in [0.2, 0.25) is 0 Å². The van der Waals surface area contributed by atoms with Gasteiger partial charge in [0.25, 0.3) is 5.92 Å². The maximum Gasteiger partial charge on any atom is 0.286 e. The smallest absolute Gasteiger partial charge is 0.286 e. The van der Waals surface area contributed by atoms with Gasteiger partial charge in [-0.3, -0.25) is 0 Å². The van der Waals surface area contributed by atoms with Crippen molar-refractivity contribution in [2.75, 3.05) is 6.54 Å². The SMILES string of the molecule is CC(C)S(=O)(=O)c1ccccc1C(F)(F)CN. The predicted molar refractivity (Wildman–Crippen MR) is 61.7 cm³/mol. The molecule has 0 bridgehead atoms. The van der Waals surface area contributed by atoms with E-state index in [0.29, 0.717) is 0 Å². The third-order valence-corrected chi connectivity index (χ3v) is 4.67. The molecule has 0 heterocycles. The second kappa shape index (κ2) is 4.70. The Morgan fingerprint density at radius 2 is 1.82 bits per heavy atom. The Kier molecular flexibility index (Phi) is 3.88. The molecular formula is C11H15F2NO2S. The highest BCUT2D eigenvalue weighted by Crippen LogP contribution is 2.33. The fraction of sp³-hybridized carbons (Fsp3) is 0.455. The molecule has 0 saturated heterocycles. The van der Waals surface area contributed by atoms with Crippen LogP contribution in [0.1, 0.15) is 19.4 Å². The number of sulfone groups is 1. The molecule has 2 N–H and O–H groups in total. The molecule has 0 spiro atoms. The van der Waals surface area contributed by atoms with Gasteiger partial charge in [0, 0.05) is 5.56 Å². The number of benzene rings is 1. The molecule has 0 aliphatic heterocycles. The first-order valence-corrected chi connectivity index (χ1v) is 6.69. The molecule has 0 atom stereocenters. The van der Waals surface area contributed by atoms with Crippen molar-refractivity contribution in [3.63, 3.8) is 0 Å². The number of alkyl halides is 2. The van der Waals surface area contributed by atoms with Gasteiger partial charge in [-0.2, -0.15) is 8.78 Å². The van der Waals surface area contributed by atoms with Gasteiger partial charge in [-0.05, 0) is 19.9 Å². The number of halogens is 2. The van der Waals surface area contributed by atoms with E-state index in [2.05, 4.69) is 0 Å². The quantitative estimate of drug-likeness (QED) is 0.902. The Balaban J connectivity index is 3.48. The highest BCUT2D eigenvalue weighted by molar-refractivity contribution is 7.92. The number of hydrogen-bond donors (Lipinski definition) is 1. The van der Waals surface area contributed by atoms with Crippen LogP contribution in [0.4, 0.5) is 8.78 Å². The summed E-state index contributed by atoms with van der Waals surface area (Å²) in [6.45, 7) is 1.98. The van der Waals surface area contributed by atoms with E-state index < -0.39 is 33.1 Å². The molecule has 1 rings (SSSR count). The molecular weight excluding hydrogens is 248 g/mol. The molecule has 0 amide bonds. The molecule has 0 fully saturated rings. The van der Waals surface area contributed by atoms with E-state index in [1.54, 1.807) is 0 Å². The van der Waals surface area contributed by atoms with Gasteiger partial charge in [-0.1, -0.05) is 18.2 Å². The van der Waals surface area contributed by atoms with Crippen molar-refractivity contribution in [3.8, 4) is 0 Å². The first kappa shape index (κ1) is 14.1. The van der Waals surface area contributed by atoms with E-state index in [9.17, 15) is 17.2 Å². The zero-order valence-electron chi connectivity index (χ0n) is 9.65. The van der Waals surface area contributed by atoms with Gasteiger partial charge in [-0.15, -0.1) is 0 Å². The van der Waals surface area contributed by atoms with Crippen molar-refractivity contribution in [2.45, 2.75) is 29.9 Å². The van der Waals surface area contributed by atoms with E-state index in [-0.39, 0.29) is 4.90 Å². The third kappa shape index (κ3) is 2.63. The van der Waals surface area contributed by atoms with Crippen LogP contribution in [0.3, 0.4) is 0 Å². The third-order valence-electron chi connectivity index (χ3n) is 2.46. The molecule has 0 aliphatic rings. The molecule has 1 aromatic rings. The van der Waals surface area contributed by atoms with E-state index in [4.69, 9.17) is 5.73 Å². The van der Waals surface area contributed by atoms with Gasteiger partial charge in [0.1, 0.15) is 0 Å². The summed E-state index contributed by atoms with van der Waals surface area (Å²) >= 11 is 0. The Morgan fingerprint density at radius 3 is 2.29 bits per heavy atom. The largest absolute Gasteiger partial charge is 0.325 e. The van der Waals surface area contributed by atoms with Crippen molar-refractivity contribution in [1.29, 1.82) is 0 Å². The molecule has 96 valence electrons. The number of hydrogen-bond acceptors (Lipinski definition) is 3. The first-order chi connectivity index (χ1) is 7.73. The van der Waals surface area contributed by atoms with E-state index >= 15 is 0 Å². The van der Waals surface area contributed by atoms with Crippen molar-refractivity contribution in [1.82, 2.24) is 0 Å². The first-order valence-electron chi connectivity index (χ1n) is 5.14. The molecule has 0 aromatic heterocycles. The summed E-state index contributed by atoms with van der Waals surface area (Å²) in [5.74, 6) is -3.33. The van der Waals surface area contributed by atoms with E-state index in [1.807, 2.05) is 0 Å². The van der Waals surface area contributed by atoms with Gasteiger partial charge in [-0.25, -0.2) is 8.42 Å². The normalized spacial score (nSPS) is 13.1. The minimum Gasteiger partial charge on any atom is -0.325 e. The van der Waals surface area contributed by atoms with Crippen LogP contribution in [0.5, 0.6) is 0 Å². The Bertz CT molecular complexity index is 498. The lowest BCUT2D eigenvalue weighted by molar-refractivity contribution is 0.00300. The molecule has 3 nitrogen and oxygen atoms in total. The summed E-state index contributed by atoms with van der Waals surface area (Å²) in [6, 6.07) is 5.08. The summed E-state index contributed by atoms with van der Waals surface area (Å²) in [7, 11) is -3.74. The summed E-state index contributed by atoms with van der Waals surface area (Å²) in [5.41, 5.74) is 4.45. The van der Waals surface area contributed by atoms with Crippen LogP contribution in [-0.2, 0) is 15.8 Å². The Hall–Kier alpha value is -1.01. The monoisotopic (exact) mass is 263 g/mol. The minimum absolute atomic E-state index is 0.342. The molecule has 0 unspecified atom stereocenters. The Labute approximate surface area is 99.6 Å². The highest BCUT2D eigenvalue weighted by Gasteiger charge is 2.36. The molecule has 1 aromatic carbocycles. The van der Waals surface area contributed by atoms with E-state index in [1.165, 1.54) is 32.0 Å².